The highest BCUT2D eigenvalue weighted by Gasteiger charge is 2.46. The van der Waals surface area contributed by atoms with Gasteiger partial charge in [0.1, 0.15) is 11.8 Å². The van der Waals surface area contributed by atoms with Gasteiger partial charge in [0.2, 0.25) is 0 Å². The van der Waals surface area contributed by atoms with Crippen LogP contribution in [0.1, 0.15) is 71.4 Å². The van der Waals surface area contributed by atoms with E-state index < -0.39 is 18.1 Å². The summed E-state index contributed by atoms with van der Waals surface area (Å²) in [4.78, 5) is 13.1. The molecule has 2 aromatic rings. The number of carbonyl (C=O) groups is 1. The molecular weight excluding hydrogens is 433 g/mol. The zero-order valence-electron chi connectivity index (χ0n) is 18.2. The van der Waals surface area contributed by atoms with Gasteiger partial charge >= 0.3 is 6.18 Å². The van der Waals surface area contributed by atoms with Crippen LogP contribution in [0.5, 0.6) is 5.75 Å². The van der Waals surface area contributed by atoms with Crippen molar-refractivity contribution < 1.29 is 22.7 Å². The van der Waals surface area contributed by atoms with Crippen LogP contribution in [-0.2, 0) is 24.9 Å². The van der Waals surface area contributed by atoms with Crippen LogP contribution in [0.4, 0.5) is 13.2 Å². The van der Waals surface area contributed by atoms with Crippen LogP contribution in [0.25, 0.3) is 0 Å². The summed E-state index contributed by atoms with van der Waals surface area (Å²) in [5.41, 5.74) is 2.79. The number of aryl methyl sites for hydroxylation is 2. The van der Waals surface area contributed by atoms with Crippen LogP contribution in [0.15, 0.2) is 18.2 Å². The predicted octanol–water partition coefficient (Wildman–Crippen LogP) is 4.40. The number of amides is 1. The number of nitriles is 1. The third kappa shape index (κ3) is 4.31. The van der Waals surface area contributed by atoms with Gasteiger partial charge in [0.15, 0.2) is 5.69 Å². The summed E-state index contributed by atoms with van der Waals surface area (Å²) in [6.45, 7) is 0.644. The van der Waals surface area contributed by atoms with E-state index in [9.17, 15) is 23.2 Å². The number of nitrogens with one attached hydrogen (secondary N) is 1. The number of hydrogen-bond donors (Lipinski definition) is 1. The molecule has 0 radical (unpaired) electrons. The Kier molecular flexibility index (Phi) is 5.34. The molecule has 1 aromatic heterocycles. The summed E-state index contributed by atoms with van der Waals surface area (Å²) >= 11 is 0. The molecule has 1 spiro atoms. The standard InChI is InChI=1S/C24H25F3N4O2/c25-24(26,27)8-1-11-33-17-4-5-18-16(12-17)6-9-23(18)13-19-21(22(32)29-23)20(14-28)31(30-19)10-7-15-2-3-15/h4-5,12,15H,1-3,6-11,13H2,(H,29,32)/t23-/m0/s1. The minimum Gasteiger partial charge on any atom is -0.494 e. The second kappa shape index (κ2) is 8.08. The maximum Gasteiger partial charge on any atom is 0.389 e. The van der Waals surface area contributed by atoms with Gasteiger partial charge in [-0.05, 0) is 54.9 Å². The molecule has 1 amide bonds. The van der Waals surface area contributed by atoms with Crippen LogP contribution in [-0.4, -0.2) is 28.5 Å². The molecule has 6 nitrogen and oxygen atoms in total. The number of ether oxygens (including phenoxy) is 1. The number of nitrogens with zero attached hydrogens (tertiary/aromatic N) is 3. The number of carbonyl (C=O) groups excluding carboxylic acids is 1. The Morgan fingerprint density at radius 2 is 2.15 bits per heavy atom. The first-order valence-electron chi connectivity index (χ1n) is 11.4. The highest BCUT2D eigenvalue weighted by Crippen LogP contribution is 2.44. The van der Waals surface area contributed by atoms with Crippen molar-refractivity contribution in [1.82, 2.24) is 15.1 Å². The van der Waals surface area contributed by atoms with Crippen LogP contribution < -0.4 is 10.1 Å². The topological polar surface area (TPSA) is 79.9 Å². The van der Waals surface area contributed by atoms with Gasteiger partial charge in [-0.25, -0.2) is 0 Å². The van der Waals surface area contributed by atoms with Gasteiger partial charge in [-0.15, -0.1) is 0 Å². The molecule has 1 aliphatic heterocycles. The van der Waals surface area contributed by atoms with E-state index in [0.29, 0.717) is 48.0 Å². The average Bonchev–Trinajstić information content (AvgIpc) is 3.44. The highest BCUT2D eigenvalue weighted by atomic mass is 19.4. The van der Waals surface area contributed by atoms with Gasteiger partial charge in [0.25, 0.3) is 5.91 Å². The molecule has 1 aromatic carbocycles. The fourth-order valence-electron chi connectivity index (χ4n) is 5.06. The predicted molar refractivity (Wildman–Crippen MR) is 113 cm³/mol. The Balaban J connectivity index is 1.34. The number of aromatic nitrogens is 2. The van der Waals surface area contributed by atoms with Crippen molar-refractivity contribution in [3.8, 4) is 11.8 Å². The Morgan fingerprint density at radius 3 is 2.88 bits per heavy atom. The van der Waals surface area contributed by atoms with E-state index in [4.69, 9.17) is 4.74 Å². The molecule has 0 unspecified atom stereocenters. The maximum atomic E-state index is 13.1. The van der Waals surface area contributed by atoms with E-state index in [1.54, 1.807) is 10.7 Å². The number of benzene rings is 1. The largest absolute Gasteiger partial charge is 0.494 e. The molecule has 1 atom stereocenters. The van der Waals surface area contributed by atoms with Gasteiger partial charge in [0, 0.05) is 19.4 Å². The molecule has 1 N–H and O–H groups in total. The minimum absolute atomic E-state index is 0.00123. The molecule has 33 heavy (non-hydrogen) atoms. The van der Waals surface area contributed by atoms with Gasteiger partial charge in [0.05, 0.1) is 23.4 Å². The summed E-state index contributed by atoms with van der Waals surface area (Å²) < 4.78 is 44.2. The number of halogens is 3. The van der Waals surface area contributed by atoms with Crippen molar-refractivity contribution >= 4 is 5.91 Å². The Hall–Kier alpha value is -3.02. The van der Waals surface area contributed by atoms with Crippen molar-refractivity contribution in [1.29, 1.82) is 5.26 Å². The van der Waals surface area contributed by atoms with E-state index >= 15 is 0 Å². The van der Waals surface area contributed by atoms with Crippen LogP contribution >= 0.6 is 0 Å². The lowest BCUT2D eigenvalue weighted by atomic mass is 9.82. The van der Waals surface area contributed by atoms with E-state index in [-0.39, 0.29) is 18.9 Å². The molecule has 2 aliphatic carbocycles. The van der Waals surface area contributed by atoms with Crippen molar-refractivity contribution in [2.45, 2.75) is 69.6 Å². The Morgan fingerprint density at radius 1 is 1.33 bits per heavy atom. The van der Waals surface area contributed by atoms with Crippen LogP contribution in [0.3, 0.4) is 0 Å². The molecule has 174 valence electrons. The molecule has 1 fully saturated rings. The molecule has 2 heterocycles. The second-order valence-corrected chi connectivity index (χ2v) is 9.34. The summed E-state index contributed by atoms with van der Waals surface area (Å²) in [7, 11) is 0. The molecular formula is C24H25F3N4O2. The maximum absolute atomic E-state index is 13.1. The molecule has 5 rings (SSSR count). The summed E-state index contributed by atoms with van der Waals surface area (Å²) in [6.07, 6.45) is 0.201. The number of alkyl halides is 3. The quantitative estimate of drug-likeness (QED) is 0.624. The summed E-state index contributed by atoms with van der Waals surface area (Å²) in [5.74, 6) is 0.960. The first kappa shape index (κ1) is 21.8. The zero-order valence-corrected chi connectivity index (χ0v) is 18.2. The average molecular weight is 458 g/mol. The van der Waals surface area contributed by atoms with Gasteiger partial charge in [-0.1, -0.05) is 18.9 Å². The minimum atomic E-state index is -4.18. The molecule has 0 bridgehead atoms. The normalized spacial score (nSPS) is 21.5. The SMILES string of the molecule is N#Cc1c2c(nn1CCC1CC1)C[C@]1(CCc3cc(OCCCC(F)(F)F)ccc31)NC2=O. The summed E-state index contributed by atoms with van der Waals surface area (Å²) in [6, 6.07) is 7.66. The fourth-order valence-corrected chi connectivity index (χ4v) is 5.06. The lowest BCUT2D eigenvalue weighted by Crippen LogP contribution is -2.49. The summed E-state index contributed by atoms with van der Waals surface area (Å²) in [5, 5.41) is 17.5. The van der Waals surface area contributed by atoms with E-state index in [1.165, 1.54) is 12.8 Å². The van der Waals surface area contributed by atoms with Crippen molar-refractivity contribution in [3.05, 3.63) is 46.3 Å². The van der Waals surface area contributed by atoms with E-state index in [1.807, 2.05) is 12.1 Å². The fraction of sp³-hybridized carbons (Fsp3) is 0.542. The number of hydrogen-bond acceptors (Lipinski definition) is 4. The monoisotopic (exact) mass is 458 g/mol. The molecule has 1 saturated carbocycles. The lowest BCUT2D eigenvalue weighted by molar-refractivity contribution is -0.136. The Bertz CT molecular complexity index is 1130. The van der Waals surface area contributed by atoms with Crippen LogP contribution in [0.2, 0.25) is 0 Å². The zero-order chi connectivity index (χ0) is 23.2. The van der Waals surface area contributed by atoms with Gasteiger partial charge in [-0.3, -0.25) is 9.48 Å². The van der Waals surface area contributed by atoms with E-state index in [0.717, 1.165) is 24.0 Å². The van der Waals surface area contributed by atoms with Crippen molar-refractivity contribution in [2.75, 3.05) is 6.61 Å². The van der Waals surface area contributed by atoms with E-state index in [2.05, 4.69) is 16.5 Å². The van der Waals surface area contributed by atoms with Crippen molar-refractivity contribution in [2.24, 2.45) is 5.92 Å². The third-order valence-electron chi connectivity index (χ3n) is 6.91. The second-order valence-electron chi connectivity index (χ2n) is 9.34. The van der Waals surface area contributed by atoms with Crippen LogP contribution in [0, 0.1) is 17.2 Å². The third-order valence-corrected chi connectivity index (χ3v) is 6.91. The van der Waals surface area contributed by atoms with Crippen molar-refractivity contribution in [3.63, 3.8) is 0 Å². The van der Waals surface area contributed by atoms with Gasteiger partial charge in [-0.2, -0.15) is 23.5 Å². The lowest BCUT2D eigenvalue weighted by Gasteiger charge is -2.34. The first-order valence-corrected chi connectivity index (χ1v) is 11.4. The van der Waals surface area contributed by atoms with Gasteiger partial charge < -0.3 is 10.1 Å². The highest BCUT2D eigenvalue weighted by molar-refractivity contribution is 5.99. The molecule has 3 aliphatic rings. The Labute approximate surface area is 189 Å². The number of rotatable bonds is 7. The first-order chi connectivity index (χ1) is 15.8. The molecule has 0 saturated heterocycles. The smallest absolute Gasteiger partial charge is 0.389 e. The molecule has 9 heteroatoms. The number of fused-ring (bicyclic) bond motifs is 3.